The van der Waals surface area contributed by atoms with Gasteiger partial charge in [0, 0.05) is 19.1 Å². The summed E-state index contributed by atoms with van der Waals surface area (Å²) in [7, 11) is 0. The molecule has 0 aliphatic carbocycles. The van der Waals surface area contributed by atoms with Gasteiger partial charge >= 0.3 is 0 Å². The number of nitrogens with one attached hydrogen (secondary N) is 2. The molecule has 15 heavy (non-hydrogen) atoms. The van der Waals surface area contributed by atoms with Crippen LogP contribution >= 0.6 is 0 Å². The molecule has 1 fully saturated rings. The monoisotopic (exact) mass is 213 g/mol. The number of carbonyl (C=O) groups excluding carboxylic acids is 1. The van der Waals surface area contributed by atoms with E-state index in [1.165, 1.54) is 12.8 Å². The van der Waals surface area contributed by atoms with E-state index >= 15 is 0 Å². The van der Waals surface area contributed by atoms with Crippen molar-refractivity contribution in [1.82, 2.24) is 15.5 Å². The van der Waals surface area contributed by atoms with Crippen molar-refractivity contribution in [3.8, 4) is 0 Å². The summed E-state index contributed by atoms with van der Waals surface area (Å²) >= 11 is 0. The van der Waals surface area contributed by atoms with Crippen LogP contribution in [0.2, 0.25) is 0 Å². The Morgan fingerprint density at radius 2 is 2.33 bits per heavy atom. The molecule has 1 aliphatic heterocycles. The molecule has 0 radical (unpaired) electrons. The first-order valence-electron chi connectivity index (χ1n) is 5.98. The summed E-state index contributed by atoms with van der Waals surface area (Å²) in [6, 6.07) is 0.583. The summed E-state index contributed by atoms with van der Waals surface area (Å²) in [4.78, 5) is 13.6. The third-order valence-electron chi connectivity index (χ3n) is 2.83. The fourth-order valence-electron chi connectivity index (χ4n) is 1.99. The maximum atomic E-state index is 11.4. The topological polar surface area (TPSA) is 44.4 Å². The lowest BCUT2D eigenvalue weighted by Crippen LogP contribution is -2.43. The molecule has 0 bridgehead atoms. The molecule has 2 N–H and O–H groups in total. The van der Waals surface area contributed by atoms with Gasteiger partial charge in [0.2, 0.25) is 5.91 Å². The normalized spacial score (nSPS) is 20.9. The molecule has 0 saturated carbocycles. The molecule has 0 spiro atoms. The minimum atomic E-state index is 0.136. The number of carbonyl (C=O) groups is 1. The van der Waals surface area contributed by atoms with E-state index in [0.29, 0.717) is 12.6 Å². The first kappa shape index (κ1) is 12.5. The summed E-state index contributed by atoms with van der Waals surface area (Å²) < 4.78 is 0. The highest BCUT2D eigenvalue weighted by Crippen LogP contribution is 2.06. The molecule has 1 amide bonds. The van der Waals surface area contributed by atoms with Crippen LogP contribution in [-0.2, 0) is 4.79 Å². The van der Waals surface area contributed by atoms with E-state index in [-0.39, 0.29) is 5.91 Å². The zero-order chi connectivity index (χ0) is 11.1. The van der Waals surface area contributed by atoms with Crippen molar-refractivity contribution in [1.29, 1.82) is 0 Å². The van der Waals surface area contributed by atoms with Gasteiger partial charge < -0.3 is 10.6 Å². The number of hydrogen-bond donors (Lipinski definition) is 2. The Balaban J connectivity index is 2.24. The van der Waals surface area contributed by atoms with Crippen LogP contribution in [0.5, 0.6) is 0 Å². The highest BCUT2D eigenvalue weighted by atomic mass is 16.2. The number of likely N-dealkylation sites (N-methyl/N-ethyl adjacent to an activating group) is 2. The minimum absolute atomic E-state index is 0.136. The molecule has 1 aliphatic rings. The predicted molar refractivity (Wildman–Crippen MR) is 61.8 cm³/mol. The van der Waals surface area contributed by atoms with Gasteiger partial charge in [-0.25, -0.2) is 0 Å². The Hall–Kier alpha value is -0.610. The van der Waals surface area contributed by atoms with Gasteiger partial charge in [-0.2, -0.15) is 0 Å². The molecule has 1 heterocycles. The Bertz CT molecular complexity index is 190. The third-order valence-corrected chi connectivity index (χ3v) is 2.83. The quantitative estimate of drug-likeness (QED) is 0.662. The van der Waals surface area contributed by atoms with Gasteiger partial charge in [0.15, 0.2) is 0 Å². The van der Waals surface area contributed by atoms with E-state index < -0.39 is 0 Å². The van der Waals surface area contributed by atoms with E-state index in [4.69, 9.17) is 0 Å². The SMILES string of the molecule is CCNC(=O)CN(CC)CC1CCCN1. The molecule has 88 valence electrons. The molecule has 1 unspecified atom stereocenters. The lowest BCUT2D eigenvalue weighted by atomic mass is 10.2. The molecule has 1 rings (SSSR count). The first-order valence-corrected chi connectivity index (χ1v) is 5.98. The fraction of sp³-hybridized carbons (Fsp3) is 0.909. The van der Waals surface area contributed by atoms with Crippen LogP contribution in [0.3, 0.4) is 0 Å². The van der Waals surface area contributed by atoms with Crippen LogP contribution in [0.15, 0.2) is 0 Å². The summed E-state index contributed by atoms with van der Waals surface area (Å²) in [5, 5.41) is 6.29. The van der Waals surface area contributed by atoms with Gasteiger partial charge in [-0.1, -0.05) is 6.92 Å². The van der Waals surface area contributed by atoms with Gasteiger partial charge in [-0.05, 0) is 32.9 Å². The number of rotatable bonds is 6. The molecule has 4 heteroatoms. The van der Waals surface area contributed by atoms with Crippen LogP contribution in [0.1, 0.15) is 26.7 Å². The van der Waals surface area contributed by atoms with Crippen LogP contribution < -0.4 is 10.6 Å². The van der Waals surface area contributed by atoms with Gasteiger partial charge in [-0.3, -0.25) is 9.69 Å². The molecule has 0 aromatic carbocycles. The number of amides is 1. The molecule has 1 saturated heterocycles. The molecule has 1 atom stereocenters. The van der Waals surface area contributed by atoms with E-state index in [1.807, 2.05) is 6.92 Å². The predicted octanol–water partition coefficient (Wildman–Crippen LogP) is 0.196. The van der Waals surface area contributed by atoms with Gasteiger partial charge in [0.05, 0.1) is 6.54 Å². The van der Waals surface area contributed by atoms with Crippen molar-refractivity contribution in [3.63, 3.8) is 0 Å². The van der Waals surface area contributed by atoms with E-state index in [1.54, 1.807) is 0 Å². The first-order chi connectivity index (χ1) is 7.26. The van der Waals surface area contributed by atoms with Gasteiger partial charge in [-0.15, -0.1) is 0 Å². The summed E-state index contributed by atoms with van der Waals surface area (Å²) in [6.07, 6.45) is 2.51. The maximum Gasteiger partial charge on any atom is 0.234 e. The second kappa shape index (κ2) is 6.80. The highest BCUT2D eigenvalue weighted by molar-refractivity contribution is 5.77. The molecule has 0 aromatic heterocycles. The largest absolute Gasteiger partial charge is 0.355 e. The second-order valence-electron chi connectivity index (χ2n) is 4.07. The van der Waals surface area contributed by atoms with Crippen LogP contribution in [0, 0.1) is 0 Å². The molecule has 0 aromatic rings. The van der Waals surface area contributed by atoms with Gasteiger partial charge in [0.25, 0.3) is 0 Å². The smallest absolute Gasteiger partial charge is 0.234 e. The van der Waals surface area contributed by atoms with E-state index in [0.717, 1.165) is 26.2 Å². The average Bonchev–Trinajstić information content (AvgIpc) is 2.70. The summed E-state index contributed by atoms with van der Waals surface area (Å²) in [5.41, 5.74) is 0. The lowest BCUT2D eigenvalue weighted by molar-refractivity contribution is -0.122. The Labute approximate surface area is 92.4 Å². The second-order valence-corrected chi connectivity index (χ2v) is 4.07. The van der Waals surface area contributed by atoms with Crippen LogP contribution in [0.4, 0.5) is 0 Å². The summed E-state index contributed by atoms with van der Waals surface area (Å²) in [5.74, 6) is 0.136. The van der Waals surface area contributed by atoms with Crippen molar-refractivity contribution in [2.45, 2.75) is 32.7 Å². The fourth-order valence-corrected chi connectivity index (χ4v) is 1.99. The number of hydrogen-bond acceptors (Lipinski definition) is 3. The Kier molecular flexibility index (Phi) is 5.65. The van der Waals surface area contributed by atoms with Crippen molar-refractivity contribution < 1.29 is 4.79 Å². The zero-order valence-electron chi connectivity index (χ0n) is 9.88. The van der Waals surface area contributed by atoms with E-state index in [2.05, 4.69) is 22.5 Å². The Morgan fingerprint density at radius 3 is 2.87 bits per heavy atom. The third kappa shape index (κ3) is 4.62. The van der Waals surface area contributed by atoms with Crippen molar-refractivity contribution in [2.75, 3.05) is 32.7 Å². The Morgan fingerprint density at radius 1 is 1.53 bits per heavy atom. The van der Waals surface area contributed by atoms with Crippen molar-refractivity contribution in [3.05, 3.63) is 0 Å². The highest BCUT2D eigenvalue weighted by Gasteiger charge is 2.18. The van der Waals surface area contributed by atoms with Crippen LogP contribution in [0.25, 0.3) is 0 Å². The van der Waals surface area contributed by atoms with Crippen molar-refractivity contribution >= 4 is 5.91 Å². The van der Waals surface area contributed by atoms with Crippen LogP contribution in [-0.4, -0.2) is 49.6 Å². The number of nitrogens with zero attached hydrogens (tertiary/aromatic N) is 1. The zero-order valence-corrected chi connectivity index (χ0v) is 9.88. The van der Waals surface area contributed by atoms with E-state index in [9.17, 15) is 4.79 Å². The average molecular weight is 213 g/mol. The maximum absolute atomic E-state index is 11.4. The molecular weight excluding hydrogens is 190 g/mol. The standard InChI is InChI=1S/C11H23N3O/c1-3-12-11(15)9-14(4-2)8-10-6-5-7-13-10/h10,13H,3-9H2,1-2H3,(H,12,15). The van der Waals surface area contributed by atoms with Crippen molar-refractivity contribution in [2.24, 2.45) is 0 Å². The lowest BCUT2D eigenvalue weighted by Gasteiger charge is -2.23. The van der Waals surface area contributed by atoms with Gasteiger partial charge in [0.1, 0.15) is 0 Å². The molecular formula is C11H23N3O. The molecule has 4 nitrogen and oxygen atoms in total. The minimum Gasteiger partial charge on any atom is -0.355 e. The summed E-state index contributed by atoms with van der Waals surface area (Å²) in [6.45, 7) is 8.37.